The van der Waals surface area contributed by atoms with Crippen LogP contribution in [0.25, 0.3) is 60.2 Å². The minimum absolute atomic E-state index is 0.879. The van der Waals surface area contributed by atoms with Crippen LogP contribution in [0.5, 0.6) is 0 Å². The van der Waals surface area contributed by atoms with Crippen LogP contribution in [0.4, 0.5) is 0 Å². The summed E-state index contributed by atoms with van der Waals surface area (Å²) in [5.74, 6) is 0. The molecule has 3 heteroatoms. The third-order valence-corrected chi connectivity index (χ3v) is 11.9. The van der Waals surface area contributed by atoms with Gasteiger partial charge in [0.1, 0.15) is 0 Å². The molecule has 0 saturated heterocycles. The van der Waals surface area contributed by atoms with Crippen molar-refractivity contribution < 1.29 is 4.57 Å². The van der Waals surface area contributed by atoms with Gasteiger partial charge in [0.15, 0.2) is 7.14 Å². The van der Waals surface area contributed by atoms with Crippen molar-refractivity contribution >= 4 is 66.4 Å². The van der Waals surface area contributed by atoms with Gasteiger partial charge in [0.05, 0.1) is 16.7 Å². The van der Waals surface area contributed by atoms with Crippen LogP contribution in [0.15, 0.2) is 146 Å². The number of rotatable bonds is 2. The van der Waals surface area contributed by atoms with Crippen LogP contribution < -0.4 is 15.9 Å². The lowest BCUT2D eigenvalue weighted by Gasteiger charge is -2.17. The zero-order valence-electron chi connectivity index (χ0n) is 22.2. The number of hydrogen-bond donors (Lipinski definition) is 0. The third-order valence-electron chi connectivity index (χ3n) is 8.79. The average molecular weight is 542 g/mol. The molecule has 1 atom stereocenters. The van der Waals surface area contributed by atoms with E-state index < -0.39 is 7.14 Å². The molecule has 1 aliphatic heterocycles. The van der Waals surface area contributed by atoms with Crippen molar-refractivity contribution in [3.05, 3.63) is 146 Å². The molecule has 9 rings (SSSR count). The van der Waals surface area contributed by atoms with Crippen molar-refractivity contribution in [2.24, 2.45) is 0 Å². The number of nitrogens with zero attached hydrogens (tertiary/aromatic N) is 1. The molecule has 0 bridgehead atoms. The molecule has 0 aliphatic carbocycles. The van der Waals surface area contributed by atoms with E-state index in [9.17, 15) is 0 Å². The Kier molecular flexibility index (Phi) is 4.63. The highest BCUT2D eigenvalue weighted by Gasteiger charge is 2.41. The maximum Gasteiger partial charge on any atom is 0.172 e. The Labute approximate surface area is 237 Å². The Morgan fingerprint density at radius 2 is 1.17 bits per heavy atom. The van der Waals surface area contributed by atoms with Crippen LogP contribution in [-0.2, 0) is 4.57 Å². The molecule has 1 aromatic heterocycles. The predicted molar refractivity (Wildman–Crippen MR) is 174 cm³/mol. The van der Waals surface area contributed by atoms with Gasteiger partial charge in [-0.2, -0.15) is 0 Å². The van der Waals surface area contributed by atoms with Crippen LogP contribution in [0.2, 0.25) is 0 Å². The normalized spacial score (nSPS) is 16.0. The molecule has 8 aromatic rings. The summed E-state index contributed by atoms with van der Waals surface area (Å²) in [5, 5.41) is 10.0. The van der Waals surface area contributed by atoms with Crippen LogP contribution in [-0.4, -0.2) is 4.57 Å². The maximum absolute atomic E-state index is 15.3. The third kappa shape index (κ3) is 2.95. The van der Waals surface area contributed by atoms with Crippen LogP contribution in [0, 0.1) is 0 Å². The van der Waals surface area contributed by atoms with Crippen LogP contribution in [0.3, 0.4) is 0 Å². The first kappa shape index (κ1) is 22.9. The number of fused-ring (bicyclic) bond motifs is 10. The number of para-hydroxylation sites is 1. The first-order chi connectivity index (χ1) is 20.2. The minimum Gasteiger partial charge on any atom is -0.309 e. The van der Waals surface area contributed by atoms with Gasteiger partial charge < -0.3 is 9.13 Å². The second-order valence-electron chi connectivity index (χ2n) is 10.8. The fraction of sp³-hybridized carbons (Fsp3) is 0. The monoisotopic (exact) mass is 541 g/mol. The van der Waals surface area contributed by atoms with E-state index in [1.54, 1.807) is 0 Å². The highest BCUT2D eigenvalue weighted by Crippen LogP contribution is 2.54. The molecule has 0 saturated carbocycles. The fourth-order valence-electron chi connectivity index (χ4n) is 7.05. The van der Waals surface area contributed by atoms with E-state index in [2.05, 4.69) is 114 Å². The van der Waals surface area contributed by atoms with Crippen molar-refractivity contribution in [2.75, 3.05) is 0 Å². The largest absolute Gasteiger partial charge is 0.309 e. The summed E-state index contributed by atoms with van der Waals surface area (Å²) in [5.41, 5.74) is 5.54. The Morgan fingerprint density at radius 3 is 2.07 bits per heavy atom. The van der Waals surface area contributed by atoms with E-state index in [0.717, 1.165) is 43.8 Å². The predicted octanol–water partition coefficient (Wildman–Crippen LogP) is 8.71. The molecule has 41 heavy (non-hydrogen) atoms. The molecule has 1 unspecified atom stereocenters. The molecule has 192 valence electrons. The molecule has 1 aliphatic rings. The summed E-state index contributed by atoms with van der Waals surface area (Å²) >= 11 is 0. The summed E-state index contributed by atoms with van der Waals surface area (Å²) < 4.78 is 17.7. The Morgan fingerprint density at radius 1 is 0.463 bits per heavy atom. The summed E-state index contributed by atoms with van der Waals surface area (Å²) in [6.45, 7) is 0. The van der Waals surface area contributed by atoms with E-state index in [-0.39, 0.29) is 0 Å². The van der Waals surface area contributed by atoms with Gasteiger partial charge >= 0.3 is 0 Å². The molecule has 7 aromatic carbocycles. The summed E-state index contributed by atoms with van der Waals surface area (Å²) in [6.07, 6.45) is 0. The lowest BCUT2D eigenvalue weighted by atomic mass is 10.00. The van der Waals surface area contributed by atoms with Gasteiger partial charge in [0.25, 0.3) is 0 Å². The zero-order chi connectivity index (χ0) is 27.1. The second kappa shape index (κ2) is 8.30. The smallest absolute Gasteiger partial charge is 0.172 e. The molecular weight excluding hydrogens is 517 g/mol. The lowest BCUT2D eigenvalue weighted by molar-refractivity contribution is 0.593. The van der Waals surface area contributed by atoms with E-state index in [4.69, 9.17) is 0 Å². The van der Waals surface area contributed by atoms with Gasteiger partial charge in [-0.1, -0.05) is 127 Å². The summed E-state index contributed by atoms with van der Waals surface area (Å²) in [4.78, 5) is 0. The molecule has 0 fully saturated rings. The van der Waals surface area contributed by atoms with Crippen molar-refractivity contribution in [3.8, 4) is 16.8 Å². The topological polar surface area (TPSA) is 22.0 Å². The maximum atomic E-state index is 15.3. The van der Waals surface area contributed by atoms with Crippen molar-refractivity contribution in [3.63, 3.8) is 0 Å². The fourth-order valence-corrected chi connectivity index (χ4v) is 10.1. The number of aromatic nitrogens is 1. The number of hydrogen-bond acceptors (Lipinski definition) is 1. The van der Waals surface area contributed by atoms with Gasteiger partial charge in [-0.15, -0.1) is 0 Å². The van der Waals surface area contributed by atoms with Gasteiger partial charge in [0.2, 0.25) is 0 Å². The SMILES string of the molecule is O=P1(c2ccccc2)c2ccccc2-c2c1ccc1c3ccccc3n(-c3cccc4c3ccc3ccccc34)c21. The summed E-state index contributed by atoms with van der Waals surface area (Å²) in [6, 6.07) is 50.9. The van der Waals surface area contributed by atoms with Gasteiger partial charge in [-0.3, -0.25) is 0 Å². The first-order valence-corrected chi connectivity index (χ1v) is 15.7. The zero-order valence-corrected chi connectivity index (χ0v) is 23.1. The van der Waals surface area contributed by atoms with E-state index >= 15 is 4.57 Å². The number of benzene rings is 7. The molecule has 0 spiro atoms. The van der Waals surface area contributed by atoms with Crippen molar-refractivity contribution in [2.45, 2.75) is 0 Å². The first-order valence-electron chi connectivity index (χ1n) is 14.0. The minimum atomic E-state index is -3.06. The van der Waals surface area contributed by atoms with Crippen molar-refractivity contribution in [1.29, 1.82) is 0 Å². The average Bonchev–Trinajstić information content (AvgIpc) is 3.51. The van der Waals surface area contributed by atoms with Crippen LogP contribution >= 0.6 is 7.14 Å². The van der Waals surface area contributed by atoms with Crippen LogP contribution in [0.1, 0.15) is 0 Å². The second-order valence-corrected chi connectivity index (χ2v) is 13.5. The summed E-state index contributed by atoms with van der Waals surface area (Å²) in [7, 11) is -3.06. The standard InChI is InChI=1S/C38H24NOP/c40-41(26-12-2-1-3-13-26)35-20-9-7-16-32(35)37-36(41)24-23-31-29-15-6-8-18-33(29)39(38(31)37)34-19-10-17-28-27-14-5-4-11-25(27)21-22-30(28)34/h1-24H. The van der Waals surface area contributed by atoms with Crippen molar-refractivity contribution in [1.82, 2.24) is 4.57 Å². The molecular formula is C38H24NOP. The Balaban J connectivity index is 1.49. The molecule has 2 nitrogen and oxygen atoms in total. The molecule has 2 heterocycles. The lowest BCUT2D eigenvalue weighted by Crippen LogP contribution is -2.20. The van der Waals surface area contributed by atoms with Gasteiger partial charge in [-0.25, -0.2) is 0 Å². The van der Waals surface area contributed by atoms with Gasteiger partial charge in [-0.05, 0) is 39.9 Å². The Bertz CT molecular complexity index is 2400. The molecule has 0 amide bonds. The highest BCUT2D eigenvalue weighted by molar-refractivity contribution is 7.86. The highest BCUT2D eigenvalue weighted by atomic mass is 31.2. The molecule has 0 N–H and O–H groups in total. The van der Waals surface area contributed by atoms with E-state index in [1.807, 2.05) is 36.4 Å². The molecule has 0 radical (unpaired) electrons. The quantitative estimate of drug-likeness (QED) is 0.158. The van der Waals surface area contributed by atoms with Gasteiger partial charge in [0, 0.05) is 37.6 Å². The van der Waals surface area contributed by atoms with E-state index in [1.165, 1.54) is 32.3 Å². The van der Waals surface area contributed by atoms with E-state index in [0.29, 0.717) is 0 Å². The Hall–Kier alpha value is -4.91.